The van der Waals surface area contributed by atoms with Crippen LogP contribution in [0.4, 0.5) is 0 Å². The molecule has 1 aromatic carbocycles. The first-order chi connectivity index (χ1) is 7.43. The standard InChI is InChI=1S/C12H15Cl2OP.Li/c1-7(2)6-16-12(15)10-9(13)5-4-8(3)11(10)14;/h4-5,7,16H,6H2,1-3H3;. The molecule has 0 heterocycles. The molecule has 0 aliphatic carbocycles. The molecule has 1 nitrogen and oxygen atoms in total. The number of rotatable bonds is 4. The van der Waals surface area contributed by atoms with E-state index in [-0.39, 0.29) is 33.0 Å². The van der Waals surface area contributed by atoms with Crippen molar-refractivity contribution in [1.29, 1.82) is 0 Å². The van der Waals surface area contributed by atoms with Crippen molar-refractivity contribution >= 4 is 56.2 Å². The summed E-state index contributed by atoms with van der Waals surface area (Å²) in [6.07, 6.45) is 0.888. The molecule has 1 atom stereocenters. The van der Waals surface area contributed by atoms with Gasteiger partial charge in [0.1, 0.15) is 0 Å². The Kier molecular flexibility index (Phi) is 8.06. The van der Waals surface area contributed by atoms with Crippen LogP contribution in [0, 0.1) is 12.8 Å². The quantitative estimate of drug-likeness (QED) is 0.591. The van der Waals surface area contributed by atoms with Crippen molar-refractivity contribution in [3.8, 4) is 0 Å². The van der Waals surface area contributed by atoms with Crippen molar-refractivity contribution in [2.75, 3.05) is 6.16 Å². The zero-order chi connectivity index (χ0) is 12.3. The largest absolute Gasteiger partial charge is 0.289 e. The zero-order valence-electron chi connectivity index (χ0n) is 10.6. The second-order valence-corrected chi connectivity index (χ2v) is 6.16. The third-order valence-corrected chi connectivity index (χ3v) is 4.58. The van der Waals surface area contributed by atoms with E-state index in [1.807, 2.05) is 13.0 Å². The average Bonchev–Trinajstić information content (AvgIpc) is 2.21. The summed E-state index contributed by atoms with van der Waals surface area (Å²) in [5.41, 5.74) is 1.44. The second kappa shape index (κ2) is 7.83. The predicted octanol–water partition coefficient (Wildman–Crippen LogP) is 4.40. The van der Waals surface area contributed by atoms with Crippen molar-refractivity contribution < 1.29 is 4.79 Å². The summed E-state index contributed by atoms with van der Waals surface area (Å²) in [6.45, 7) is 6.07. The number of carbonyl (C=O) groups is 1. The van der Waals surface area contributed by atoms with Crippen molar-refractivity contribution in [1.82, 2.24) is 0 Å². The van der Waals surface area contributed by atoms with Crippen molar-refractivity contribution in [2.24, 2.45) is 5.92 Å². The summed E-state index contributed by atoms with van der Waals surface area (Å²) < 4.78 is 0. The Hall–Kier alpha value is 0.497. The van der Waals surface area contributed by atoms with E-state index in [0.29, 0.717) is 21.5 Å². The maximum atomic E-state index is 12.0. The number of hydrogen-bond acceptors (Lipinski definition) is 1. The van der Waals surface area contributed by atoms with Crippen LogP contribution in [-0.2, 0) is 0 Å². The first-order valence-electron chi connectivity index (χ1n) is 5.16. The monoisotopic (exact) mass is 283 g/mol. The van der Waals surface area contributed by atoms with E-state index in [4.69, 9.17) is 23.2 Å². The minimum Gasteiger partial charge on any atom is -0.289 e. The van der Waals surface area contributed by atoms with Crippen molar-refractivity contribution in [3.05, 3.63) is 33.3 Å². The van der Waals surface area contributed by atoms with Gasteiger partial charge in [0, 0.05) is 18.9 Å². The van der Waals surface area contributed by atoms with Crippen LogP contribution in [0.15, 0.2) is 12.1 Å². The van der Waals surface area contributed by atoms with Gasteiger partial charge in [0.25, 0.3) is 0 Å². The van der Waals surface area contributed by atoms with Crippen LogP contribution in [0.25, 0.3) is 0 Å². The molecule has 1 unspecified atom stereocenters. The van der Waals surface area contributed by atoms with Gasteiger partial charge in [-0.05, 0) is 39.2 Å². The Balaban J connectivity index is 0.00000256. The van der Waals surface area contributed by atoms with Crippen LogP contribution >= 0.6 is 31.8 Å². The molecule has 17 heavy (non-hydrogen) atoms. The molecule has 0 N–H and O–H groups in total. The molecule has 0 aromatic heterocycles. The van der Waals surface area contributed by atoms with Gasteiger partial charge in [-0.25, -0.2) is 0 Å². The van der Waals surface area contributed by atoms with E-state index in [9.17, 15) is 4.79 Å². The normalized spacial score (nSPS) is 10.9. The van der Waals surface area contributed by atoms with Crippen LogP contribution < -0.4 is 0 Å². The van der Waals surface area contributed by atoms with Gasteiger partial charge >= 0.3 is 0 Å². The van der Waals surface area contributed by atoms with Gasteiger partial charge in [0.05, 0.1) is 15.6 Å². The molecule has 1 aromatic rings. The molecule has 89 valence electrons. The number of carbonyl (C=O) groups excluding carboxylic acids is 1. The van der Waals surface area contributed by atoms with Gasteiger partial charge in [-0.15, -0.1) is 0 Å². The minimum atomic E-state index is 0. The first kappa shape index (κ1) is 17.5. The number of halogens is 2. The van der Waals surface area contributed by atoms with E-state index >= 15 is 0 Å². The van der Waals surface area contributed by atoms with Crippen LogP contribution in [0.1, 0.15) is 29.8 Å². The molecule has 0 bridgehead atoms. The number of aryl methyl sites for hydroxylation is 1. The summed E-state index contributed by atoms with van der Waals surface area (Å²) in [7, 11) is 0.245. The topological polar surface area (TPSA) is 17.1 Å². The fourth-order valence-electron chi connectivity index (χ4n) is 1.25. The molecule has 0 aliphatic heterocycles. The van der Waals surface area contributed by atoms with Gasteiger partial charge < -0.3 is 0 Å². The SMILES string of the molecule is Cc1ccc(Cl)c(C(=O)PCC(C)C)c1Cl.[Li]. The predicted molar refractivity (Wildman–Crippen MR) is 79.3 cm³/mol. The van der Waals surface area contributed by atoms with Crippen LogP contribution in [0.2, 0.25) is 10.0 Å². The molecule has 1 rings (SSSR count). The second-order valence-electron chi connectivity index (χ2n) is 4.16. The fourth-order valence-corrected chi connectivity index (χ4v) is 2.98. The fraction of sp³-hybridized carbons (Fsp3) is 0.417. The summed E-state index contributed by atoms with van der Waals surface area (Å²) in [5, 5.41) is 0.950. The van der Waals surface area contributed by atoms with Gasteiger partial charge in [0.2, 0.25) is 0 Å². The van der Waals surface area contributed by atoms with Crippen LogP contribution in [0.3, 0.4) is 0 Å². The molecule has 0 saturated carbocycles. The summed E-state index contributed by atoms with van der Waals surface area (Å²) in [5.74, 6) is 0.518. The van der Waals surface area contributed by atoms with E-state index in [1.54, 1.807) is 6.07 Å². The summed E-state index contributed by atoms with van der Waals surface area (Å²) >= 11 is 12.1. The van der Waals surface area contributed by atoms with Crippen LogP contribution in [-0.4, -0.2) is 30.5 Å². The smallest absolute Gasteiger partial charge is 0.184 e. The van der Waals surface area contributed by atoms with Crippen molar-refractivity contribution in [2.45, 2.75) is 20.8 Å². The number of hydrogen-bond donors (Lipinski definition) is 0. The average molecular weight is 284 g/mol. The maximum Gasteiger partial charge on any atom is 0.184 e. The van der Waals surface area contributed by atoms with Gasteiger partial charge in [-0.2, -0.15) is 0 Å². The molecule has 0 aliphatic rings. The Bertz CT molecular complexity index is 408. The summed E-state index contributed by atoms with van der Waals surface area (Å²) in [6, 6.07) is 3.56. The third kappa shape index (κ3) is 4.94. The van der Waals surface area contributed by atoms with Gasteiger partial charge in [-0.3, -0.25) is 4.79 Å². The van der Waals surface area contributed by atoms with E-state index in [2.05, 4.69) is 13.8 Å². The molecule has 1 radical (unpaired) electrons. The van der Waals surface area contributed by atoms with Crippen molar-refractivity contribution in [3.63, 3.8) is 0 Å². The molecule has 0 fully saturated rings. The molecule has 0 spiro atoms. The first-order valence-corrected chi connectivity index (χ1v) is 7.12. The molecule has 5 heteroatoms. The minimum absolute atomic E-state index is 0. The third-order valence-electron chi connectivity index (χ3n) is 2.18. The van der Waals surface area contributed by atoms with E-state index in [1.165, 1.54) is 0 Å². The van der Waals surface area contributed by atoms with Crippen LogP contribution in [0.5, 0.6) is 0 Å². The Labute approximate surface area is 127 Å². The Morgan fingerprint density at radius 3 is 2.47 bits per heavy atom. The van der Waals surface area contributed by atoms with E-state index in [0.717, 1.165) is 11.7 Å². The molecule has 0 saturated heterocycles. The molecular weight excluding hydrogens is 269 g/mol. The number of benzene rings is 1. The maximum absolute atomic E-state index is 12.0. The van der Waals surface area contributed by atoms with Gasteiger partial charge in [-0.1, -0.05) is 43.1 Å². The zero-order valence-corrected chi connectivity index (χ0v) is 13.1. The van der Waals surface area contributed by atoms with Gasteiger partial charge in [0.15, 0.2) is 5.52 Å². The molecular formula is C12H15Cl2LiOP. The van der Waals surface area contributed by atoms with E-state index < -0.39 is 0 Å². The molecule has 0 amide bonds. The Morgan fingerprint density at radius 2 is 1.94 bits per heavy atom. The Morgan fingerprint density at radius 1 is 1.35 bits per heavy atom. The summed E-state index contributed by atoms with van der Waals surface area (Å²) in [4.78, 5) is 12.0.